The first-order valence-electron chi connectivity index (χ1n) is 3.79. The monoisotopic (exact) mass is 205 g/mol. The van der Waals surface area contributed by atoms with E-state index in [9.17, 15) is 14.4 Å². The number of carboxylic acid groups (broad SMARTS) is 3. The van der Waals surface area contributed by atoms with Crippen LogP contribution in [0.2, 0.25) is 0 Å². The highest BCUT2D eigenvalue weighted by molar-refractivity contribution is 5.82. The third-order valence-electron chi connectivity index (χ3n) is 1.71. The van der Waals surface area contributed by atoms with Crippen molar-refractivity contribution in [3.05, 3.63) is 0 Å². The van der Waals surface area contributed by atoms with E-state index in [0.717, 1.165) is 0 Å². The van der Waals surface area contributed by atoms with Gasteiger partial charge < -0.3 is 21.1 Å². The van der Waals surface area contributed by atoms with Gasteiger partial charge in [0, 0.05) is 6.42 Å². The highest BCUT2D eigenvalue weighted by atomic mass is 16.4. The first-order valence-corrected chi connectivity index (χ1v) is 3.79. The Balaban J connectivity index is 4.37. The van der Waals surface area contributed by atoms with Crippen LogP contribution in [0.15, 0.2) is 0 Å². The molecule has 0 aromatic heterocycles. The lowest BCUT2D eigenvalue weighted by molar-refractivity contribution is -0.150. The van der Waals surface area contributed by atoms with Gasteiger partial charge in [0.05, 0.1) is 5.92 Å². The summed E-state index contributed by atoms with van der Waals surface area (Å²) in [5, 5.41) is 25.3. The van der Waals surface area contributed by atoms with Crippen molar-refractivity contribution in [1.82, 2.24) is 0 Å². The summed E-state index contributed by atoms with van der Waals surface area (Å²) in [6.07, 6.45) is -0.712. The van der Waals surface area contributed by atoms with E-state index in [1.165, 1.54) is 0 Å². The van der Waals surface area contributed by atoms with E-state index in [-0.39, 0.29) is 6.42 Å². The Labute approximate surface area is 79.1 Å². The SMILES string of the molecule is NC(C(=O)O)C(CCC(=O)O)C(=O)O. The molecule has 0 aliphatic rings. The summed E-state index contributed by atoms with van der Waals surface area (Å²) in [6, 6.07) is -1.58. The highest BCUT2D eigenvalue weighted by Gasteiger charge is 2.30. The van der Waals surface area contributed by atoms with Crippen LogP contribution in [-0.2, 0) is 14.4 Å². The van der Waals surface area contributed by atoms with Crippen molar-refractivity contribution in [2.45, 2.75) is 18.9 Å². The minimum absolute atomic E-state index is 0.294. The second-order valence-electron chi connectivity index (χ2n) is 2.74. The number of carboxylic acids is 3. The fraction of sp³-hybridized carbons (Fsp3) is 0.571. The molecule has 80 valence electrons. The Kier molecular flexibility index (Phi) is 4.57. The zero-order valence-electron chi connectivity index (χ0n) is 7.21. The van der Waals surface area contributed by atoms with Gasteiger partial charge in [0.25, 0.3) is 0 Å². The standard InChI is InChI=1S/C7H11NO6/c8-5(7(13)14)3(6(11)12)1-2-4(9)10/h3,5H,1-2,8H2,(H,9,10)(H,11,12)(H,13,14). The molecular formula is C7H11NO6. The summed E-state index contributed by atoms with van der Waals surface area (Å²) in [5.74, 6) is -5.42. The van der Waals surface area contributed by atoms with Gasteiger partial charge in [-0.15, -0.1) is 0 Å². The molecule has 14 heavy (non-hydrogen) atoms. The van der Waals surface area contributed by atoms with Crippen LogP contribution in [0.4, 0.5) is 0 Å². The second-order valence-corrected chi connectivity index (χ2v) is 2.74. The zero-order valence-corrected chi connectivity index (χ0v) is 7.21. The molecule has 0 saturated carbocycles. The van der Waals surface area contributed by atoms with Gasteiger partial charge in [0.15, 0.2) is 0 Å². The Morgan fingerprint density at radius 2 is 1.57 bits per heavy atom. The van der Waals surface area contributed by atoms with E-state index in [2.05, 4.69) is 0 Å². The van der Waals surface area contributed by atoms with E-state index in [1.807, 2.05) is 0 Å². The van der Waals surface area contributed by atoms with E-state index >= 15 is 0 Å². The van der Waals surface area contributed by atoms with Crippen LogP contribution in [0.25, 0.3) is 0 Å². The fourth-order valence-corrected chi connectivity index (χ4v) is 0.908. The Bertz CT molecular complexity index is 251. The van der Waals surface area contributed by atoms with Gasteiger partial charge in [-0.1, -0.05) is 0 Å². The predicted molar refractivity (Wildman–Crippen MR) is 43.6 cm³/mol. The number of hydrogen-bond donors (Lipinski definition) is 4. The van der Waals surface area contributed by atoms with Gasteiger partial charge in [0.2, 0.25) is 0 Å². The van der Waals surface area contributed by atoms with Crippen LogP contribution in [-0.4, -0.2) is 39.3 Å². The number of nitrogens with two attached hydrogens (primary N) is 1. The van der Waals surface area contributed by atoms with Gasteiger partial charge in [0.1, 0.15) is 6.04 Å². The van der Waals surface area contributed by atoms with Gasteiger partial charge in [-0.2, -0.15) is 0 Å². The zero-order chi connectivity index (χ0) is 11.3. The molecule has 0 heterocycles. The molecule has 7 heteroatoms. The molecule has 0 aromatic rings. The molecule has 0 spiro atoms. The van der Waals surface area contributed by atoms with Crippen LogP contribution in [0, 0.1) is 5.92 Å². The number of carbonyl (C=O) groups is 3. The van der Waals surface area contributed by atoms with Gasteiger partial charge in [-0.3, -0.25) is 14.4 Å². The molecule has 0 aromatic carbocycles. The van der Waals surface area contributed by atoms with Crippen LogP contribution in [0.5, 0.6) is 0 Å². The average molecular weight is 205 g/mol. The summed E-state index contributed by atoms with van der Waals surface area (Å²) in [4.78, 5) is 31.0. The molecule has 2 unspecified atom stereocenters. The minimum Gasteiger partial charge on any atom is -0.481 e. The van der Waals surface area contributed by atoms with Crippen molar-refractivity contribution in [2.75, 3.05) is 0 Å². The van der Waals surface area contributed by atoms with Crippen molar-refractivity contribution in [2.24, 2.45) is 11.7 Å². The van der Waals surface area contributed by atoms with Crippen molar-refractivity contribution in [3.8, 4) is 0 Å². The van der Waals surface area contributed by atoms with Crippen molar-refractivity contribution < 1.29 is 29.7 Å². The smallest absolute Gasteiger partial charge is 0.321 e. The van der Waals surface area contributed by atoms with Crippen LogP contribution < -0.4 is 5.73 Å². The van der Waals surface area contributed by atoms with Gasteiger partial charge in [-0.25, -0.2) is 0 Å². The minimum atomic E-state index is -1.58. The van der Waals surface area contributed by atoms with Crippen LogP contribution in [0.3, 0.4) is 0 Å². The average Bonchev–Trinajstić information content (AvgIpc) is 2.02. The number of aliphatic carboxylic acids is 3. The predicted octanol–water partition coefficient (Wildman–Crippen LogP) is -1.04. The molecule has 7 nitrogen and oxygen atoms in total. The molecule has 0 amide bonds. The second kappa shape index (κ2) is 5.18. The van der Waals surface area contributed by atoms with E-state index in [4.69, 9.17) is 21.1 Å². The Morgan fingerprint density at radius 1 is 1.07 bits per heavy atom. The summed E-state index contributed by atoms with van der Waals surface area (Å²) in [6.45, 7) is 0. The van der Waals surface area contributed by atoms with Crippen LogP contribution >= 0.6 is 0 Å². The molecule has 0 aliphatic heterocycles. The lowest BCUT2D eigenvalue weighted by Gasteiger charge is -2.14. The van der Waals surface area contributed by atoms with Gasteiger partial charge >= 0.3 is 17.9 Å². The summed E-state index contributed by atoms with van der Waals surface area (Å²) in [5.41, 5.74) is 5.07. The van der Waals surface area contributed by atoms with Crippen molar-refractivity contribution >= 4 is 17.9 Å². The molecule has 5 N–H and O–H groups in total. The third-order valence-corrected chi connectivity index (χ3v) is 1.71. The molecule has 0 radical (unpaired) electrons. The lowest BCUT2D eigenvalue weighted by atomic mass is 9.95. The van der Waals surface area contributed by atoms with Gasteiger partial charge in [-0.05, 0) is 6.42 Å². The molecular weight excluding hydrogens is 194 g/mol. The molecule has 0 bridgehead atoms. The van der Waals surface area contributed by atoms with E-state index in [1.54, 1.807) is 0 Å². The summed E-state index contributed by atoms with van der Waals surface area (Å²) < 4.78 is 0. The normalized spacial score (nSPS) is 14.4. The molecule has 2 atom stereocenters. The molecule has 0 saturated heterocycles. The Hall–Kier alpha value is -1.63. The van der Waals surface area contributed by atoms with Crippen LogP contribution in [0.1, 0.15) is 12.8 Å². The largest absolute Gasteiger partial charge is 0.481 e. The maximum atomic E-state index is 10.5. The molecule has 0 aliphatic carbocycles. The number of rotatable bonds is 6. The van der Waals surface area contributed by atoms with Crippen molar-refractivity contribution in [1.29, 1.82) is 0 Å². The van der Waals surface area contributed by atoms with Crippen molar-refractivity contribution in [3.63, 3.8) is 0 Å². The van der Waals surface area contributed by atoms with E-state index in [0.29, 0.717) is 0 Å². The highest BCUT2D eigenvalue weighted by Crippen LogP contribution is 2.11. The molecule has 0 fully saturated rings. The maximum absolute atomic E-state index is 10.5. The van der Waals surface area contributed by atoms with E-state index < -0.39 is 36.3 Å². The third kappa shape index (κ3) is 3.85. The molecule has 0 rings (SSSR count). The summed E-state index contributed by atoms with van der Waals surface area (Å²) in [7, 11) is 0. The summed E-state index contributed by atoms with van der Waals surface area (Å²) >= 11 is 0. The first-order chi connectivity index (χ1) is 6.36. The fourth-order valence-electron chi connectivity index (χ4n) is 0.908. The number of hydrogen-bond acceptors (Lipinski definition) is 4. The quantitative estimate of drug-likeness (QED) is 0.434. The Morgan fingerprint density at radius 3 is 1.86 bits per heavy atom. The topological polar surface area (TPSA) is 138 Å². The lowest BCUT2D eigenvalue weighted by Crippen LogP contribution is -2.42. The maximum Gasteiger partial charge on any atom is 0.321 e. The first kappa shape index (κ1) is 12.4.